The van der Waals surface area contributed by atoms with Crippen LogP contribution in [0, 0.1) is 0 Å². The maximum atomic E-state index is 5.97. The molecule has 0 aliphatic rings. The van der Waals surface area contributed by atoms with Gasteiger partial charge in [0.15, 0.2) is 0 Å². The number of hydrogen-bond donors (Lipinski definition) is 1. The molecule has 0 aliphatic heterocycles. The van der Waals surface area contributed by atoms with Crippen LogP contribution >= 0.6 is 34.8 Å². The van der Waals surface area contributed by atoms with Gasteiger partial charge in [0.25, 0.3) is 0 Å². The van der Waals surface area contributed by atoms with Crippen molar-refractivity contribution < 1.29 is 4.74 Å². The first kappa shape index (κ1) is 15.5. The molecule has 0 radical (unpaired) electrons. The third-order valence-corrected chi connectivity index (χ3v) is 3.81. The first-order valence-electron chi connectivity index (χ1n) is 6.09. The molecule has 20 heavy (non-hydrogen) atoms. The van der Waals surface area contributed by atoms with Gasteiger partial charge in [-0.3, -0.25) is 0 Å². The smallest absolute Gasteiger partial charge is 0.124 e. The molecule has 2 aromatic carbocycles. The fourth-order valence-electron chi connectivity index (χ4n) is 1.80. The van der Waals surface area contributed by atoms with E-state index in [-0.39, 0.29) is 6.04 Å². The van der Waals surface area contributed by atoms with Gasteiger partial charge in [0.1, 0.15) is 12.4 Å². The Morgan fingerprint density at radius 2 is 1.80 bits per heavy atom. The molecule has 0 aliphatic carbocycles. The zero-order chi connectivity index (χ0) is 14.7. The van der Waals surface area contributed by atoms with Gasteiger partial charge in [-0.25, -0.2) is 0 Å². The highest BCUT2D eigenvalue weighted by Crippen LogP contribution is 2.29. The van der Waals surface area contributed by atoms with Gasteiger partial charge in [-0.1, -0.05) is 40.9 Å². The fraction of sp³-hybridized carbons (Fsp3) is 0.200. The van der Waals surface area contributed by atoms with E-state index in [4.69, 9.17) is 45.3 Å². The van der Waals surface area contributed by atoms with Crippen molar-refractivity contribution in [1.82, 2.24) is 0 Å². The summed E-state index contributed by atoms with van der Waals surface area (Å²) in [6, 6.07) is 10.7. The highest BCUT2D eigenvalue weighted by atomic mass is 35.5. The Labute approximate surface area is 133 Å². The lowest BCUT2D eigenvalue weighted by Crippen LogP contribution is -2.08. The van der Waals surface area contributed by atoms with Crippen LogP contribution in [0.25, 0.3) is 0 Å². The van der Waals surface area contributed by atoms with Gasteiger partial charge in [0, 0.05) is 16.6 Å². The van der Waals surface area contributed by atoms with E-state index in [1.54, 1.807) is 18.2 Å². The van der Waals surface area contributed by atoms with Gasteiger partial charge in [-0.15, -0.1) is 0 Å². The van der Waals surface area contributed by atoms with Gasteiger partial charge < -0.3 is 10.5 Å². The van der Waals surface area contributed by atoms with Crippen molar-refractivity contribution in [1.29, 1.82) is 0 Å². The summed E-state index contributed by atoms with van der Waals surface area (Å²) in [4.78, 5) is 0. The maximum absolute atomic E-state index is 5.97. The largest absolute Gasteiger partial charge is 0.489 e. The van der Waals surface area contributed by atoms with Crippen molar-refractivity contribution in [3.63, 3.8) is 0 Å². The minimum absolute atomic E-state index is 0.155. The quantitative estimate of drug-likeness (QED) is 0.831. The van der Waals surface area contributed by atoms with Crippen molar-refractivity contribution in [3.05, 3.63) is 62.6 Å². The van der Waals surface area contributed by atoms with E-state index in [9.17, 15) is 0 Å². The highest BCUT2D eigenvalue weighted by molar-refractivity contribution is 6.42. The Morgan fingerprint density at radius 1 is 1.05 bits per heavy atom. The van der Waals surface area contributed by atoms with Crippen LogP contribution in [0.5, 0.6) is 5.75 Å². The zero-order valence-corrected chi connectivity index (χ0v) is 13.1. The van der Waals surface area contributed by atoms with Crippen LogP contribution in [0.2, 0.25) is 15.1 Å². The van der Waals surface area contributed by atoms with E-state index in [0.717, 1.165) is 16.9 Å². The average molecular weight is 331 g/mol. The van der Waals surface area contributed by atoms with E-state index >= 15 is 0 Å². The first-order valence-corrected chi connectivity index (χ1v) is 7.22. The van der Waals surface area contributed by atoms with Gasteiger partial charge in [0.2, 0.25) is 0 Å². The summed E-state index contributed by atoms with van der Waals surface area (Å²) in [5.74, 6) is 0.718. The van der Waals surface area contributed by atoms with Crippen LogP contribution in [0.1, 0.15) is 24.1 Å². The minimum atomic E-state index is -0.155. The van der Waals surface area contributed by atoms with Gasteiger partial charge >= 0.3 is 0 Å². The second-order valence-corrected chi connectivity index (χ2v) is 5.76. The maximum Gasteiger partial charge on any atom is 0.124 e. The molecule has 5 heteroatoms. The van der Waals surface area contributed by atoms with Crippen molar-refractivity contribution in [2.24, 2.45) is 5.73 Å². The fourth-order valence-corrected chi connectivity index (χ4v) is 2.30. The highest BCUT2D eigenvalue weighted by Gasteiger charge is 2.09. The molecule has 2 rings (SSSR count). The molecule has 0 bridgehead atoms. The SMILES string of the molecule is CC(N)c1cc(Cl)ccc1OCc1ccc(Cl)c(Cl)c1. The Kier molecular flexibility index (Phi) is 5.17. The Morgan fingerprint density at radius 3 is 2.45 bits per heavy atom. The molecule has 0 fully saturated rings. The zero-order valence-electron chi connectivity index (χ0n) is 10.9. The normalized spacial score (nSPS) is 12.2. The Bertz CT molecular complexity index is 614. The number of ether oxygens (including phenoxy) is 1. The molecule has 1 unspecified atom stereocenters. The molecule has 0 saturated carbocycles. The van der Waals surface area contributed by atoms with Crippen LogP contribution in [0.4, 0.5) is 0 Å². The summed E-state index contributed by atoms with van der Waals surface area (Å²) in [6.07, 6.45) is 0. The number of halogens is 3. The van der Waals surface area contributed by atoms with Gasteiger partial charge in [-0.2, -0.15) is 0 Å². The summed E-state index contributed by atoms with van der Waals surface area (Å²) in [7, 11) is 0. The van der Waals surface area contributed by atoms with E-state index < -0.39 is 0 Å². The number of rotatable bonds is 4. The van der Waals surface area contributed by atoms with Crippen LogP contribution < -0.4 is 10.5 Å². The third kappa shape index (κ3) is 3.80. The molecule has 0 amide bonds. The topological polar surface area (TPSA) is 35.2 Å². The predicted molar refractivity (Wildman–Crippen MR) is 84.8 cm³/mol. The lowest BCUT2D eigenvalue weighted by Gasteiger charge is -2.14. The van der Waals surface area contributed by atoms with Crippen molar-refractivity contribution in [2.45, 2.75) is 19.6 Å². The third-order valence-electron chi connectivity index (χ3n) is 2.84. The molecule has 2 nitrogen and oxygen atoms in total. The van der Waals surface area contributed by atoms with Crippen molar-refractivity contribution in [3.8, 4) is 5.75 Å². The summed E-state index contributed by atoms with van der Waals surface area (Å²) in [5.41, 5.74) is 7.73. The van der Waals surface area contributed by atoms with Crippen LogP contribution in [0.3, 0.4) is 0 Å². The number of hydrogen-bond acceptors (Lipinski definition) is 2. The van der Waals surface area contributed by atoms with E-state index in [2.05, 4.69) is 0 Å². The van der Waals surface area contributed by atoms with Crippen molar-refractivity contribution in [2.75, 3.05) is 0 Å². The monoisotopic (exact) mass is 329 g/mol. The Balaban J connectivity index is 2.16. The average Bonchev–Trinajstić information content (AvgIpc) is 2.41. The van der Waals surface area contributed by atoms with Crippen LogP contribution in [-0.4, -0.2) is 0 Å². The lowest BCUT2D eigenvalue weighted by molar-refractivity contribution is 0.301. The summed E-state index contributed by atoms with van der Waals surface area (Å²) < 4.78 is 5.79. The number of nitrogens with two attached hydrogens (primary N) is 1. The molecular weight excluding hydrogens is 317 g/mol. The molecule has 0 heterocycles. The molecule has 0 saturated heterocycles. The van der Waals surface area contributed by atoms with E-state index in [1.807, 2.05) is 25.1 Å². The van der Waals surface area contributed by atoms with Crippen molar-refractivity contribution >= 4 is 34.8 Å². The van der Waals surface area contributed by atoms with E-state index in [1.165, 1.54) is 0 Å². The Hall–Kier alpha value is -0.930. The molecule has 1 atom stereocenters. The molecule has 2 N–H and O–H groups in total. The van der Waals surface area contributed by atoms with E-state index in [0.29, 0.717) is 21.7 Å². The molecule has 106 valence electrons. The van der Waals surface area contributed by atoms with Gasteiger partial charge in [-0.05, 0) is 42.8 Å². The lowest BCUT2D eigenvalue weighted by atomic mass is 10.1. The first-order chi connectivity index (χ1) is 9.47. The summed E-state index contributed by atoms with van der Waals surface area (Å²) in [5, 5.41) is 1.67. The van der Waals surface area contributed by atoms with Crippen LogP contribution in [0.15, 0.2) is 36.4 Å². The standard InChI is InChI=1S/C15H14Cl3NO/c1-9(19)12-7-11(16)3-5-15(12)20-8-10-2-4-13(17)14(18)6-10/h2-7,9H,8,19H2,1H3. The molecule has 0 spiro atoms. The second kappa shape index (κ2) is 6.68. The predicted octanol–water partition coefficient (Wildman–Crippen LogP) is 5.25. The second-order valence-electron chi connectivity index (χ2n) is 4.51. The molecule has 0 aromatic heterocycles. The van der Waals surface area contributed by atoms with Gasteiger partial charge in [0.05, 0.1) is 10.0 Å². The molecule has 2 aromatic rings. The summed E-state index contributed by atoms with van der Waals surface area (Å²) in [6.45, 7) is 2.27. The minimum Gasteiger partial charge on any atom is -0.489 e. The van der Waals surface area contributed by atoms with Crippen LogP contribution in [-0.2, 0) is 6.61 Å². The number of benzene rings is 2. The molecular formula is C15H14Cl3NO. The summed E-state index contributed by atoms with van der Waals surface area (Å²) >= 11 is 17.8.